The summed E-state index contributed by atoms with van der Waals surface area (Å²) >= 11 is 0. The monoisotopic (exact) mass is 474 g/mol. The Balaban J connectivity index is 0.00000243. The number of aromatic nitrogens is 1. The number of rotatable bonds is 6. The minimum absolute atomic E-state index is 0. The van der Waals surface area contributed by atoms with Crippen LogP contribution in [0.3, 0.4) is 0 Å². The van der Waals surface area contributed by atoms with Crippen LogP contribution >= 0.6 is 24.0 Å². The molecule has 26 heavy (non-hydrogen) atoms. The highest BCUT2D eigenvalue weighted by molar-refractivity contribution is 14.0. The summed E-state index contributed by atoms with van der Waals surface area (Å²) in [4.78, 5) is 11.0. The average molecular weight is 474 g/mol. The molecule has 0 bridgehead atoms. The lowest BCUT2D eigenvalue weighted by Gasteiger charge is -2.24. The van der Waals surface area contributed by atoms with Gasteiger partial charge >= 0.3 is 0 Å². The highest BCUT2D eigenvalue weighted by Crippen LogP contribution is 2.22. The Labute approximate surface area is 173 Å². The van der Waals surface area contributed by atoms with Gasteiger partial charge in [-0.2, -0.15) is 0 Å². The second kappa shape index (κ2) is 10.9. The van der Waals surface area contributed by atoms with Crippen LogP contribution in [0.15, 0.2) is 23.3 Å². The molecule has 1 unspecified atom stereocenters. The molecule has 0 aromatic carbocycles. The lowest BCUT2D eigenvalue weighted by atomic mass is 10.1. The van der Waals surface area contributed by atoms with E-state index in [1.807, 2.05) is 19.3 Å². The Morgan fingerprint density at radius 3 is 2.77 bits per heavy atom. The molecule has 0 radical (unpaired) electrons. The molecule has 7 heteroatoms. The second-order valence-electron chi connectivity index (χ2n) is 7.04. The Morgan fingerprint density at radius 2 is 2.15 bits per heavy atom. The van der Waals surface area contributed by atoms with Crippen molar-refractivity contribution in [3.63, 3.8) is 0 Å². The average Bonchev–Trinajstić information content (AvgIpc) is 3.31. The van der Waals surface area contributed by atoms with Gasteiger partial charge in [-0.05, 0) is 37.7 Å². The molecule has 3 rings (SSSR count). The zero-order chi connectivity index (χ0) is 17.5. The van der Waals surface area contributed by atoms with Crippen LogP contribution < -0.4 is 10.1 Å². The fourth-order valence-corrected chi connectivity index (χ4v) is 3.53. The number of pyridine rings is 1. The van der Waals surface area contributed by atoms with Crippen LogP contribution in [0.1, 0.15) is 37.7 Å². The normalized spacial score (nSPS) is 20.7. The van der Waals surface area contributed by atoms with Crippen molar-refractivity contribution in [2.75, 3.05) is 33.9 Å². The highest BCUT2D eigenvalue weighted by atomic mass is 127. The maximum atomic E-state index is 5.91. The predicted molar refractivity (Wildman–Crippen MR) is 114 cm³/mol. The van der Waals surface area contributed by atoms with Gasteiger partial charge in [0.15, 0.2) is 5.96 Å². The number of hydrogen-bond acceptors (Lipinski definition) is 4. The molecule has 2 aliphatic rings. The predicted octanol–water partition coefficient (Wildman–Crippen LogP) is 3.06. The summed E-state index contributed by atoms with van der Waals surface area (Å²) in [5.41, 5.74) is 1.12. The topological polar surface area (TPSA) is 59.0 Å². The number of hydrogen-bond donors (Lipinski definition) is 1. The third kappa shape index (κ3) is 6.26. The van der Waals surface area contributed by atoms with Gasteiger partial charge in [0.05, 0.1) is 6.61 Å². The molecule has 0 amide bonds. The number of halogens is 1. The Bertz CT molecular complexity index is 555. The van der Waals surface area contributed by atoms with Crippen LogP contribution in [0.4, 0.5) is 0 Å². The van der Waals surface area contributed by atoms with Crippen molar-refractivity contribution in [3.05, 3.63) is 23.9 Å². The Morgan fingerprint density at radius 1 is 1.35 bits per heavy atom. The smallest absolute Gasteiger partial charge is 0.213 e. The van der Waals surface area contributed by atoms with Crippen molar-refractivity contribution in [3.8, 4) is 5.88 Å². The van der Waals surface area contributed by atoms with Crippen LogP contribution in [0.2, 0.25) is 0 Å². The molecule has 6 nitrogen and oxygen atoms in total. The number of aliphatic imine (C=N–C) groups is 1. The summed E-state index contributed by atoms with van der Waals surface area (Å²) in [5, 5.41) is 3.41. The largest absolute Gasteiger partial charge is 0.474 e. The number of guanidine groups is 1. The summed E-state index contributed by atoms with van der Waals surface area (Å²) < 4.78 is 11.4. The molecule has 1 aromatic heterocycles. The number of ether oxygens (including phenoxy) is 2. The second-order valence-corrected chi connectivity index (χ2v) is 7.04. The van der Waals surface area contributed by atoms with Gasteiger partial charge < -0.3 is 19.7 Å². The maximum Gasteiger partial charge on any atom is 0.213 e. The van der Waals surface area contributed by atoms with Crippen LogP contribution in [0.25, 0.3) is 0 Å². The van der Waals surface area contributed by atoms with Crippen LogP contribution in [0.5, 0.6) is 5.88 Å². The standard InChI is InChI=1S/C19H30N4O2.HI/c1-20-19(23(2)13-16-9-10-24-14-16)22-12-15-7-8-18(21-11-15)25-17-5-3-4-6-17;/h7-8,11,16-17H,3-6,9-10,12-14H2,1-2H3,(H,20,22);1H. The quantitative estimate of drug-likeness (QED) is 0.390. The van der Waals surface area contributed by atoms with Crippen molar-refractivity contribution in [2.24, 2.45) is 10.9 Å². The van der Waals surface area contributed by atoms with Gasteiger partial charge in [-0.25, -0.2) is 4.98 Å². The van der Waals surface area contributed by atoms with E-state index < -0.39 is 0 Å². The third-order valence-electron chi connectivity index (χ3n) is 4.97. The summed E-state index contributed by atoms with van der Waals surface area (Å²) in [6, 6.07) is 4.04. The molecule has 2 fully saturated rings. The van der Waals surface area contributed by atoms with E-state index in [-0.39, 0.29) is 24.0 Å². The van der Waals surface area contributed by atoms with E-state index in [2.05, 4.69) is 33.3 Å². The van der Waals surface area contributed by atoms with E-state index in [9.17, 15) is 0 Å². The molecule has 2 heterocycles. The van der Waals surface area contributed by atoms with Crippen LogP contribution in [-0.2, 0) is 11.3 Å². The zero-order valence-electron chi connectivity index (χ0n) is 15.8. The summed E-state index contributed by atoms with van der Waals surface area (Å²) in [6.07, 6.45) is 8.21. The molecular formula is C19H31IN4O2. The molecule has 1 aliphatic carbocycles. The summed E-state index contributed by atoms with van der Waals surface area (Å²) in [7, 11) is 3.89. The SMILES string of the molecule is CN=C(NCc1ccc(OC2CCCC2)nc1)N(C)CC1CCOC1.I. The molecule has 1 saturated heterocycles. The summed E-state index contributed by atoms with van der Waals surface area (Å²) in [6.45, 7) is 3.40. The molecule has 1 atom stereocenters. The number of nitrogens with one attached hydrogen (secondary N) is 1. The van der Waals surface area contributed by atoms with E-state index in [0.717, 1.165) is 56.4 Å². The first kappa shape index (κ1) is 21.2. The van der Waals surface area contributed by atoms with E-state index >= 15 is 0 Å². The van der Waals surface area contributed by atoms with Crippen molar-refractivity contribution >= 4 is 29.9 Å². The first-order valence-electron chi connectivity index (χ1n) is 9.35. The zero-order valence-corrected chi connectivity index (χ0v) is 18.1. The molecule has 0 spiro atoms. The van der Waals surface area contributed by atoms with Gasteiger partial charge in [-0.1, -0.05) is 6.07 Å². The first-order chi connectivity index (χ1) is 12.2. The Hall–Kier alpha value is -1.09. The minimum Gasteiger partial charge on any atom is -0.474 e. The molecule has 1 aromatic rings. The van der Waals surface area contributed by atoms with Crippen molar-refractivity contribution in [1.82, 2.24) is 15.2 Å². The highest BCUT2D eigenvalue weighted by Gasteiger charge is 2.19. The lowest BCUT2D eigenvalue weighted by molar-refractivity contribution is 0.181. The van der Waals surface area contributed by atoms with E-state index in [1.54, 1.807) is 0 Å². The number of nitrogens with zero attached hydrogens (tertiary/aromatic N) is 3. The van der Waals surface area contributed by atoms with Crippen molar-refractivity contribution in [1.29, 1.82) is 0 Å². The van der Waals surface area contributed by atoms with Crippen molar-refractivity contribution < 1.29 is 9.47 Å². The van der Waals surface area contributed by atoms with E-state index in [4.69, 9.17) is 9.47 Å². The lowest BCUT2D eigenvalue weighted by Crippen LogP contribution is -2.41. The minimum atomic E-state index is 0. The molecule has 1 saturated carbocycles. The van der Waals surface area contributed by atoms with E-state index in [1.165, 1.54) is 12.8 Å². The first-order valence-corrected chi connectivity index (χ1v) is 9.35. The fourth-order valence-electron chi connectivity index (χ4n) is 3.53. The molecule has 1 aliphatic heterocycles. The van der Waals surface area contributed by atoms with Crippen molar-refractivity contribution in [2.45, 2.75) is 44.8 Å². The summed E-state index contributed by atoms with van der Waals surface area (Å²) in [5.74, 6) is 2.23. The van der Waals surface area contributed by atoms with E-state index in [0.29, 0.717) is 18.6 Å². The molecular weight excluding hydrogens is 443 g/mol. The van der Waals surface area contributed by atoms with Crippen LogP contribution in [0, 0.1) is 5.92 Å². The van der Waals surface area contributed by atoms with Gasteiger partial charge in [-0.15, -0.1) is 24.0 Å². The van der Waals surface area contributed by atoms with Gasteiger partial charge in [-0.3, -0.25) is 4.99 Å². The Kier molecular flexibility index (Phi) is 8.90. The van der Waals surface area contributed by atoms with Gasteiger partial charge in [0.25, 0.3) is 0 Å². The van der Waals surface area contributed by atoms with Gasteiger partial charge in [0.1, 0.15) is 6.10 Å². The van der Waals surface area contributed by atoms with Gasteiger partial charge in [0, 0.05) is 52.0 Å². The van der Waals surface area contributed by atoms with Gasteiger partial charge in [0.2, 0.25) is 5.88 Å². The third-order valence-corrected chi connectivity index (χ3v) is 4.97. The fraction of sp³-hybridized carbons (Fsp3) is 0.684. The van der Waals surface area contributed by atoms with Crippen LogP contribution in [-0.4, -0.2) is 55.8 Å². The maximum absolute atomic E-state index is 5.91. The molecule has 146 valence electrons. The molecule has 1 N–H and O–H groups in total.